The number of rotatable bonds is 6. The molecule has 2 fully saturated rings. The van der Waals surface area contributed by atoms with E-state index in [1.54, 1.807) is 12.3 Å². The highest BCUT2D eigenvalue weighted by Crippen LogP contribution is 2.31. The molecule has 2 aromatic heterocycles. The van der Waals surface area contributed by atoms with Gasteiger partial charge in [0.2, 0.25) is 5.91 Å². The van der Waals surface area contributed by atoms with E-state index >= 15 is 0 Å². The summed E-state index contributed by atoms with van der Waals surface area (Å²) in [6.45, 7) is 6.41. The maximum atomic E-state index is 12.6. The molecule has 2 aromatic rings. The third-order valence-corrected chi connectivity index (χ3v) is 6.50. The molecule has 7 nitrogen and oxygen atoms in total. The third kappa shape index (κ3) is 5.73. The van der Waals surface area contributed by atoms with Crippen molar-refractivity contribution < 1.29 is 9.53 Å². The molecular weight excluding hydrogens is 414 g/mol. The van der Waals surface area contributed by atoms with Crippen molar-refractivity contribution in [2.75, 3.05) is 43.5 Å². The zero-order chi connectivity index (χ0) is 21.7. The van der Waals surface area contributed by atoms with Gasteiger partial charge in [0.05, 0.1) is 16.6 Å². The normalized spacial score (nSPS) is 20.8. The summed E-state index contributed by atoms with van der Waals surface area (Å²) < 4.78 is 5.49. The van der Waals surface area contributed by atoms with Crippen LogP contribution in [0.4, 0.5) is 11.6 Å². The third-order valence-electron chi connectivity index (χ3n) is 6.20. The summed E-state index contributed by atoms with van der Waals surface area (Å²) in [5, 5.41) is 10.2. The number of nitrogens with zero attached hydrogens (tertiary/aromatic N) is 2. The predicted molar refractivity (Wildman–Crippen MR) is 123 cm³/mol. The minimum atomic E-state index is -0.0353. The van der Waals surface area contributed by atoms with Crippen molar-refractivity contribution in [3.05, 3.63) is 35.5 Å². The average molecular weight is 444 g/mol. The molecule has 0 bridgehead atoms. The van der Waals surface area contributed by atoms with E-state index in [0.717, 1.165) is 69.1 Å². The summed E-state index contributed by atoms with van der Waals surface area (Å²) in [5.41, 5.74) is 1.69. The van der Waals surface area contributed by atoms with Crippen molar-refractivity contribution in [3.8, 4) is 11.3 Å². The highest BCUT2D eigenvalue weighted by molar-refractivity contribution is 6.33. The standard InChI is InChI=1S/C23H30ClN5O2/c1-23(7-10-31-11-8-23)15-27-20-6-2-5-19(28-20)17-12-21(26-14-18(17)24)29-22(30)16-4-3-9-25-13-16/h2,5-6,12,14,16,25H,3-4,7-11,13,15H2,1H3,(H,27,28)(H,26,29,30)/t16-/m1/s1. The second kappa shape index (κ2) is 9.94. The lowest BCUT2D eigenvalue weighted by atomic mass is 9.82. The summed E-state index contributed by atoms with van der Waals surface area (Å²) in [6, 6.07) is 7.63. The Labute approximate surface area is 188 Å². The lowest BCUT2D eigenvalue weighted by Gasteiger charge is -2.33. The Hall–Kier alpha value is -2.22. The van der Waals surface area contributed by atoms with Crippen LogP contribution in [0.1, 0.15) is 32.6 Å². The number of anilines is 2. The van der Waals surface area contributed by atoms with E-state index in [1.165, 1.54) is 0 Å². The number of aromatic nitrogens is 2. The van der Waals surface area contributed by atoms with Crippen molar-refractivity contribution in [3.63, 3.8) is 0 Å². The number of hydrogen-bond acceptors (Lipinski definition) is 6. The monoisotopic (exact) mass is 443 g/mol. The SMILES string of the molecule is CC1(CNc2cccc(-c3cc(NC(=O)[C@@H]4CCCNC4)ncc3Cl)n2)CCOCC1. The molecule has 1 amide bonds. The lowest BCUT2D eigenvalue weighted by molar-refractivity contribution is -0.120. The van der Waals surface area contributed by atoms with E-state index in [2.05, 4.69) is 27.9 Å². The number of ether oxygens (including phenoxy) is 1. The fourth-order valence-corrected chi connectivity index (χ4v) is 4.24. The first-order valence-electron chi connectivity index (χ1n) is 11.0. The fraction of sp³-hybridized carbons (Fsp3) is 0.522. The maximum Gasteiger partial charge on any atom is 0.229 e. The molecule has 166 valence electrons. The summed E-state index contributed by atoms with van der Waals surface area (Å²) in [4.78, 5) is 21.6. The Bertz CT molecular complexity index is 911. The van der Waals surface area contributed by atoms with Crippen molar-refractivity contribution in [1.82, 2.24) is 15.3 Å². The molecule has 4 heterocycles. The molecule has 4 rings (SSSR count). The predicted octanol–water partition coefficient (Wildman–Crippen LogP) is 3.96. The van der Waals surface area contributed by atoms with E-state index in [0.29, 0.717) is 17.4 Å². The zero-order valence-electron chi connectivity index (χ0n) is 17.9. The molecule has 0 saturated carbocycles. The van der Waals surface area contributed by atoms with Gasteiger partial charge in [-0.1, -0.05) is 24.6 Å². The highest BCUT2D eigenvalue weighted by atomic mass is 35.5. The smallest absolute Gasteiger partial charge is 0.229 e. The van der Waals surface area contributed by atoms with Crippen LogP contribution < -0.4 is 16.0 Å². The molecule has 8 heteroatoms. The Morgan fingerprint density at radius 1 is 1.32 bits per heavy atom. The number of pyridine rings is 2. The molecule has 0 aliphatic carbocycles. The van der Waals surface area contributed by atoms with Gasteiger partial charge in [0.25, 0.3) is 0 Å². The summed E-state index contributed by atoms with van der Waals surface area (Å²) in [5.74, 6) is 1.25. The minimum Gasteiger partial charge on any atom is -0.381 e. The largest absolute Gasteiger partial charge is 0.381 e. The van der Waals surface area contributed by atoms with Crippen LogP contribution in [0.25, 0.3) is 11.3 Å². The first kappa shape index (κ1) is 22.0. The van der Waals surface area contributed by atoms with Crippen molar-refractivity contribution in [2.45, 2.75) is 32.6 Å². The number of nitrogens with one attached hydrogen (secondary N) is 3. The lowest BCUT2D eigenvalue weighted by Crippen LogP contribution is -2.37. The second-order valence-corrected chi connectivity index (χ2v) is 9.17. The van der Waals surface area contributed by atoms with E-state index in [-0.39, 0.29) is 17.2 Å². The molecule has 31 heavy (non-hydrogen) atoms. The van der Waals surface area contributed by atoms with Gasteiger partial charge in [0.15, 0.2) is 0 Å². The van der Waals surface area contributed by atoms with Gasteiger partial charge in [0.1, 0.15) is 11.6 Å². The molecule has 0 spiro atoms. The highest BCUT2D eigenvalue weighted by Gasteiger charge is 2.27. The number of carbonyl (C=O) groups excluding carboxylic acids is 1. The van der Waals surface area contributed by atoms with Crippen molar-refractivity contribution in [2.24, 2.45) is 11.3 Å². The van der Waals surface area contributed by atoms with E-state index in [1.807, 2.05) is 18.2 Å². The first-order valence-corrected chi connectivity index (χ1v) is 11.4. The number of halogens is 1. The zero-order valence-corrected chi connectivity index (χ0v) is 18.7. The van der Waals surface area contributed by atoms with Gasteiger partial charge in [-0.15, -0.1) is 0 Å². The number of piperidine rings is 1. The van der Waals surface area contributed by atoms with Crippen LogP contribution in [0.3, 0.4) is 0 Å². The number of amides is 1. The quantitative estimate of drug-likeness (QED) is 0.626. The average Bonchev–Trinajstić information content (AvgIpc) is 2.80. The number of hydrogen-bond donors (Lipinski definition) is 3. The fourth-order valence-electron chi connectivity index (χ4n) is 4.04. The Balaban J connectivity index is 1.46. The molecule has 1 atom stereocenters. The first-order chi connectivity index (χ1) is 15.0. The topological polar surface area (TPSA) is 88.2 Å². The summed E-state index contributed by atoms with van der Waals surface area (Å²) >= 11 is 6.43. The van der Waals surface area contributed by atoms with Crippen LogP contribution >= 0.6 is 11.6 Å². The van der Waals surface area contributed by atoms with Crippen LogP contribution in [-0.4, -0.2) is 48.7 Å². The van der Waals surface area contributed by atoms with E-state index in [9.17, 15) is 4.79 Å². The Morgan fingerprint density at radius 2 is 2.16 bits per heavy atom. The maximum absolute atomic E-state index is 12.6. The van der Waals surface area contributed by atoms with Gasteiger partial charge in [0, 0.05) is 38.1 Å². The summed E-state index contributed by atoms with van der Waals surface area (Å²) in [6.07, 6.45) is 5.54. The molecule has 2 saturated heterocycles. The van der Waals surface area contributed by atoms with Gasteiger partial charge in [-0.05, 0) is 55.8 Å². The molecule has 0 aromatic carbocycles. The molecule has 3 N–H and O–H groups in total. The molecule has 0 unspecified atom stereocenters. The van der Waals surface area contributed by atoms with Crippen LogP contribution in [0.15, 0.2) is 30.5 Å². The second-order valence-electron chi connectivity index (χ2n) is 8.77. The van der Waals surface area contributed by atoms with Crippen LogP contribution in [0, 0.1) is 11.3 Å². The molecule has 2 aliphatic rings. The van der Waals surface area contributed by atoms with Gasteiger partial charge < -0.3 is 20.7 Å². The van der Waals surface area contributed by atoms with Crippen LogP contribution in [-0.2, 0) is 9.53 Å². The van der Waals surface area contributed by atoms with Gasteiger partial charge >= 0.3 is 0 Å². The number of carbonyl (C=O) groups is 1. The van der Waals surface area contributed by atoms with E-state index < -0.39 is 0 Å². The van der Waals surface area contributed by atoms with Crippen LogP contribution in [0.2, 0.25) is 5.02 Å². The summed E-state index contributed by atoms with van der Waals surface area (Å²) in [7, 11) is 0. The Kier molecular flexibility index (Phi) is 7.05. The van der Waals surface area contributed by atoms with Crippen molar-refractivity contribution >= 4 is 29.1 Å². The Morgan fingerprint density at radius 3 is 2.94 bits per heavy atom. The van der Waals surface area contributed by atoms with Gasteiger partial charge in [-0.3, -0.25) is 4.79 Å². The van der Waals surface area contributed by atoms with E-state index in [4.69, 9.17) is 21.3 Å². The minimum absolute atomic E-state index is 0.0129. The molecule has 0 radical (unpaired) electrons. The van der Waals surface area contributed by atoms with Gasteiger partial charge in [-0.25, -0.2) is 9.97 Å². The molecular formula is C23H30ClN5O2. The van der Waals surface area contributed by atoms with Crippen LogP contribution in [0.5, 0.6) is 0 Å². The van der Waals surface area contributed by atoms with Crippen molar-refractivity contribution in [1.29, 1.82) is 0 Å². The van der Waals surface area contributed by atoms with Gasteiger partial charge in [-0.2, -0.15) is 0 Å². The molecule has 2 aliphatic heterocycles.